The molecule has 0 saturated heterocycles. The summed E-state index contributed by atoms with van der Waals surface area (Å²) in [4.78, 5) is 0. The fraction of sp³-hybridized carbons (Fsp3) is 0.304. The standard InChI is InChI=1S/C20H22N2.C2H6.CH5N/c1-12-5-7-17(8-6-12)22-20-14(3)11-16-9-13(2)10-18(21)19(16)15(20)4;2*1-2/h5-11,22H,21H2,1-4H3;1-2H3;2H2,1H3. The summed E-state index contributed by atoms with van der Waals surface area (Å²) in [7, 11) is 1.50. The van der Waals surface area contributed by atoms with E-state index in [1.807, 2.05) is 19.9 Å². The van der Waals surface area contributed by atoms with Crippen molar-refractivity contribution in [2.24, 2.45) is 5.73 Å². The molecular weight excluding hydrogens is 318 g/mol. The summed E-state index contributed by atoms with van der Waals surface area (Å²) in [5.74, 6) is 0. The minimum atomic E-state index is 0.847. The molecule has 0 heterocycles. The molecule has 0 atom stereocenters. The molecule has 140 valence electrons. The van der Waals surface area contributed by atoms with Gasteiger partial charge in [-0.2, -0.15) is 0 Å². The van der Waals surface area contributed by atoms with Crippen molar-refractivity contribution in [3.8, 4) is 0 Å². The monoisotopic (exact) mass is 351 g/mol. The molecule has 0 saturated carbocycles. The highest BCUT2D eigenvalue weighted by Crippen LogP contribution is 2.35. The van der Waals surface area contributed by atoms with Gasteiger partial charge in [0.2, 0.25) is 0 Å². The Balaban J connectivity index is 0.000000791. The minimum absolute atomic E-state index is 0.847. The van der Waals surface area contributed by atoms with Gasteiger partial charge in [-0.3, -0.25) is 0 Å². The van der Waals surface area contributed by atoms with Crippen LogP contribution in [0.15, 0.2) is 42.5 Å². The molecule has 3 nitrogen and oxygen atoms in total. The number of benzene rings is 3. The van der Waals surface area contributed by atoms with Crippen LogP contribution in [0, 0.1) is 27.7 Å². The molecule has 26 heavy (non-hydrogen) atoms. The molecule has 0 spiro atoms. The van der Waals surface area contributed by atoms with Crippen molar-refractivity contribution in [1.29, 1.82) is 0 Å². The van der Waals surface area contributed by atoms with E-state index in [2.05, 4.69) is 75.1 Å². The molecule has 3 aromatic carbocycles. The summed E-state index contributed by atoms with van der Waals surface area (Å²) in [6.45, 7) is 12.5. The molecule has 0 aliphatic heterocycles. The zero-order valence-electron chi connectivity index (χ0n) is 17.2. The van der Waals surface area contributed by atoms with E-state index in [4.69, 9.17) is 5.73 Å². The fourth-order valence-corrected chi connectivity index (χ4v) is 3.09. The third-order valence-corrected chi connectivity index (χ3v) is 4.18. The first-order valence-corrected chi connectivity index (χ1v) is 9.17. The molecule has 0 aliphatic carbocycles. The highest BCUT2D eigenvalue weighted by molar-refractivity contribution is 6.00. The number of nitrogens with one attached hydrogen (secondary N) is 1. The Morgan fingerprint density at radius 1 is 0.769 bits per heavy atom. The second kappa shape index (κ2) is 9.83. The van der Waals surface area contributed by atoms with Gasteiger partial charge in [-0.1, -0.05) is 37.6 Å². The van der Waals surface area contributed by atoms with Crippen LogP contribution < -0.4 is 16.8 Å². The predicted octanol–water partition coefficient (Wildman–Crippen LogP) is 6.00. The lowest BCUT2D eigenvalue weighted by atomic mass is 9.96. The van der Waals surface area contributed by atoms with Crippen molar-refractivity contribution < 1.29 is 0 Å². The fourth-order valence-electron chi connectivity index (χ4n) is 3.09. The summed E-state index contributed by atoms with van der Waals surface area (Å²) in [6, 6.07) is 14.9. The number of nitrogens with two attached hydrogens (primary N) is 2. The second-order valence-electron chi connectivity index (χ2n) is 6.14. The summed E-state index contributed by atoms with van der Waals surface area (Å²) < 4.78 is 0. The van der Waals surface area contributed by atoms with Gasteiger partial charge >= 0.3 is 0 Å². The average Bonchev–Trinajstić information content (AvgIpc) is 2.63. The summed E-state index contributed by atoms with van der Waals surface area (Å²) in [6.07, 6.45) is 0. The molecule has 3 heteroatoms. The summed E-state index contributed by atoms with van der Waals surface area (Å²) in [5, 5.41) is 5.90. The number of hydrogen-bond donors (Lipinski definition) is 3. The van der Waals surface area contributed by atoms with Crippen molar-refractivity contribution in [2.75, 3.05) is 18.1 Å². The van der Waals surface area contributed by atoms with Crippen LogP contribution in [0.1, 0.15) is 36.1 Å². The topological polar surface area (TPSA) is 64.1 Å². The first-order valence-electron chi connectivity index (χ1n) is 9.17. The largest absolute Gasteiger partial charge is 0.398 e. The minimum Gasteiger partial charge on any atom is -0.398 e. The van der Waals surface area contributed by atoms with Gasteiger partial charge in [0, 0.05) is 22.4 Å². The highest BCUT2D eigenvalue weighted by Gasteiger charge is 2.11. The Hall–Kier alpha value is -2.52. The molecule has 5 N–H and O–H groups in total. The predicted molar refractivity (Wildman–Crippen MR) is 118 cm³/mol. The van der Waals surface area contributed by atoms with E-state index in [-0.39, 0.29) is 0 Å². The van der Waals surface area contributed by atoms with Crippen LogP contribution in [0.5, 0.6) is 0 Å². The molecule has 3 rings (SSSR count). The van der Waals surface area contributed by atoms with Gasteiger partial charge in [0.1, 0.15) is 0 Å². The Labute approximate surface area is 158 Å². The number of aryl methyl sites for hydroxylation is 4. The molecule has 0 amide bonds. The zero-order chi connectivity index (χ0) is 19.9. The van der Waals surface area contributed by atoms with Crippen LogP contribution in [0.2, 0.25) is 0 Å². The van der Waals surface area contributed by atoms with Gasteiger partial charge in [-0.05, 0) is 81.1 Å². The Morgan fingerprint density at radius 2 is 1.35 bits per heavy atom. The Bertz CT molecular complexity index is 850. The molecule has 0 bridgehead atoms. The van der Waals surface area contributed by atoms with E-state index in [1.54, 1.807) is 0 Å². The van der Waals surface area contributed by atoms with E-state index in [0.717, 1.165) is 22.4 Å². The summed E-state index contributed by atoms with van der Waals surface area (Å²) >= 11 is 0. The summed E-state index contributed by atoms with van der Waals surface area (Å²) in [5.41, 5.74) is 18.7. The van der Waals surface area contributed by atoms with Gasteiger partial charge in [0.05, 0.1) is 0 Å². The molecule has 0 fully saturated rings. The quantitative estimate of drug-likeness (QED) is 0.496. The van der Waals surface area contributed by atoms with E-state index in [0.29, 0.717) is 0 Å². The van der Waals surface area contributed by atoms with Crippen LogP contribution in [-0.2, 0) is 0 Å². The Morgan fingerprint density at radius 3 is 1.92 bits per heavy atom. The molecule has 0 aromatic heterocycles. The third kappa shape index (κ3) is 4.77. The Kier molecular flexibility index (Phi) is 8.14. The van der Waals surface area contributed by atoms with Crippen molar-refractivity contribution in [1.82, 2.24) is 0 Å². The van der Waals surface area contributed by atoms with Gasteiger partial charge in [-0.15, -0.1) is 0 Å². The van der Waals surface area contributed by atoms with E-state index < -0.39 is 0 Å². The number of fused-ring (bicyclic) bond motifs is 1. The lowest BCUT2D eigenvalue weighted by Gasteiger charge is -2.17. The number of anilines is 3. The van der Waals surface area contributed by atoms with Gasteiger partial charge < -0.3 is 16.8 Å². The van der Waals surface area contributed by atoms with Crippen LogP contribution in [0.25, 0.3) is 10.8 Å². The van der Waals surface area contributed by atoms with Crippen molar-refractivity contribution in [3.63, 3.8) is 0 Å². The van der Waals surface area contributed by atoms with Crippen LogP contribution >= 0.6 is 0 Å². The first-order chi connectivity index (χ1) is 12.5. The van der Waals surface area contributed by atoms with E-state index in [9.17, 15) is 0 Å². The van der Waals surface area contributed by atoms with Gasteiger partial charge in [0.15, 0.2) is 0 Å². The van der Waals surface area contributed by atoms with Crippen LogP contribution in [0.4, 0.5) is 17.1 Å². The lowest BCUT2D eigenvalue weighted by Crippen LogP contribution is -1.99. The van der Waals surface area contributed by atoms with E-state index >= 15 is 0 Å². The SMILES string of the molecule is CC.CN.Cc1ccc(Nc2c(C)cc3cc(C)cc(N)c3c2C)cc1. The molecule has 0 unspecified atom stereocenters. The molecular formula is C23H33N3. The van der Waals surface area contributed by atoms with Gasteiger partial charge in [-0.25, -0.2) is 0 Å². The maximum atomic E-state index is 6.26. The van der Waals surface area contributed by atoms with Crippen molar-refractivity contribution in [3.05, 3.63) is 64.7 Å². The zero-order valence-corrected chi connectivity index (χ0v) is 17.2. The van der Waals surface area contributed by atoms with Crippen LogP contribution in [0.3, 0.4) is 0 Å². The van der Waals surface area contributed by atoms with Crippen molar-refractivity contribution >= 4 is 27.8 Å². The number of hydrogen-bond acceptors (Lipinski definition) is 3. The number of rotatable bonds is 2. The first kappa shape index (κ1) is 21.5. The highest BCUT2D eigenvalue weighted by atomic mass is 14.9. The average molecular weight is 352 g/mol. The van der Waals surface area contributed by atoms with Gasteiger partial charge in [0.25, 0.3) is 0 Å². The molecule has 0 aliphatic rings. The maximum absolute atomic E-state index is 6.26. The van der Waals surface area contributed by atoms with Crippen molar-refractivity contribution in [2.45, 2.75) is 41.5 Å². The van der Waals surface area contributed by atoms with Crippen LogP contribution in [-0.4, -0.2) is 7.05 Å². The third-order valence-electron chi connectivity index (χ3n) is 4.18. The lowest BCUT2D eigenvalue weighted by molar-refractivity contribution is 1.38. The normalized spacial score (nSPS) is 9.69. The maximum Gasteiger partial charge on any atom is 0.0450 e. The van der Waals surface area contributed by atoms with E-state index in [1.165, 1.54) is 34.7 Å². The number of nitrogen functional groups attached to an aromatic ring is 1. The smallest absolute Gasteiger partial charge is 0.0450 e. The second-order valence-corrected chi connectivity index (χ2v) is 6.14. The molecule has 0 radical (unpaired) electrons. The molecule has 3 aromatic rings.